The smallest absolute Gasteiger partial charge is 0.410 e. The molecule has 4 aliphatic carbocycles. The van der Waals surface area contributed by atoms with Gasteiger partial charge in [0.1, 0.15) is 5.60 Å². The average molecular weight is 455 g/mol. The van der Waals surface area contributed by atoms with Crippen molar-refractivity contribution >= 4 is 6.09 Å². The second-order valence-electron chi connectivity index (χ2n) is 12.6. The second kappa shape index (κ2) is 10.4. The van der Waals surface area contributed by atoms with Crippen molar-refractivity contribution in [1.82, 2.24) is 9.88 Å². The molecule has 4 fully saturated rings. The van der Waals surface area contributed by atoms with Crippen molar-refractivity contribution in [2.45, 2.75) is 104 Å². The van der Waals surface area contributed by atoms with Crippen molar-refractivity contribution in [2.24, 2.45) is 29.1 Å². The van der Waals surface area contributed by atoms with E-state index in [0.717, 1.165) is 37.1 Å². The van der Waals surface area contributed by atoms with E-state index in [-0.39, 0.29) is 6.09 Å². The van der Waals surface area contributed by atoms with Gasteiger partial charge < -0.3 is 9.64 Å². The molecule has 5 rings (SSSR count). The summed E-state index contributed by atoms with van der Waals surface area (Å²) in [7, 11) is 0. The van der Waals surface area contributed by atoms with Gasteiger partial charge in [0.15, 0.2) is 0 Å². The Bertz CT molecular complexity index is 734. The van der Waals surface area contributed by atoms with E-state index in [1.165, 1.54) is 63.4 Å². The summed E-state index contributed by atoms with van der Waals surface area (Å²) < 4.78 is 5.66. The molecule has 4 aliphatic rings. The highest BCUT2D eigenvalue weighted by Gasteiger charge is 2.50. The molecule has 0 N–H and O–H groups in total. The molecule has 0 aromatic carbocycles. The van der Waals surface area contributed by atoms with Gasteiger partial charge in [-0.15, -0.1) is 0 Å². The van der Waals surface area contributed by atoms with Crippen molar-refractivity contribution in [3.8, 4) is 0 Å². The molecule has 184 valence electrons. The van der Waals surface area contributed by atoms with Crippen molar-refractivity contribution in [1.29, 1.82) is 0 Å². The first-order valence-electron chi connectivity index (χ1n) is 13.6. The zero-order valence-electron chi connectivity index (χ0n) is 21.5. The first kappa shape index (κ1) is 24.5. The normalized spacial score (nSPS) is 29.2. The van der Waals surface area contributed by atoms with Gasteiger partial charge in [0.25, 0.3) is 0 Å². The van der Waals surface area contributed by atoms with Gasteiger partial charge in [0, 0.05) is 25.5 Å². The molecule has 4 nitrogen and oxygen atoms in total. The molecule has 1 aromatic rings. The van der Waals surface area contributed by atoms with E-state index in [1.54, 1.807) is 0 Å². The van der Waals surface area contributed by atoms with Crippen LogP contribution in [0.15, 0.2) is 24.5 Å². The highest BCUT2D eigenvalue weighted by Crippen LogP contribution is 2.61. The number of rotatable bonds is 10. The number of pyridine rings is 1. The lowest BCUT2D eigenvalue weighted by molar-refractivity contribution is -0.0604. The lowest BCUT2D eigenvalue weighted by atomic mass is 9.48. The summed E-state index contributed by atoms with van der Waals surface area (Å²) in [6, 6.07) is 4.30. The van der Waals surface area contributed by atoms with Crippen LogP contribution in [-0.2, 0) is 11.2 Å². The van der Waals surface area contributed by atoms with Crippen LogP contribution in [0.3, 0.4) is 0 Å². The Morgan fingerprint density at radius 3 is 2.21 bits per heavy atom. The summed E-state index contributed by atoms with van der Waals surface area (Å²) in [4.78, 5) is 18.7. The molecule has 33 heavy (non-hydrogen) atoms. The summed E-state index contributed by atoms with van der Waals surface area (Å²) in [5, 5.41) is 0. The van der Waals surface area contributed by atoms with Gasteiger partial charge in [0.2, 0.25) is 0 Å². The fourth-order valence-electron chi connectivity index (χ4n) is 7.50. The molecule has 1 atom stereocenters. The van der Waals surface area contributed by atoms with Gasteiger partial charge in [-0.25, -0.2) is 4.79 Å². The van der Waals surface area contributed by atoms with Crippen molar-refractivity contribution in [3.63, 3.8) is 0 Å². The Morgan fingerprint density at radius 2 is 1.67 bits per heavy atom. The maximum atomic E-state index is 12.7. The van der Waals surface area contributed by atoms with Crippen molar-refractivity contribution < 1.29 is 9.53 Å². The highest BCUT2D eigenvalue weighted by atomic mass is 16.6. The Labute approximate surface area is 201 Å². The van der Waals surface area contributed by atoms with E-state index >= 15 is 0 Å². The minimum atomic E-state index is -0.441. The molecule has 4 bridgehead atoms. The molecule has 0 radical (unpaired) electrons. The van der Waals surface area contributed by atoms with Gasteiger partial charge in [-0.2, -0.15) is 0 Å². The Hall–Kier alpha value is -1.58. The molecule has 0 saturated heterocycles. The van der Waals surface area contributed by atoms with E-state index in [2.05, 4.69) is 24.0 Å². The third kappa shape index (κ3) is 6.73. The topological polar surface area (TPSA) is 42.4 Å². The predicted molar refractivity (Wildman–Crippen MR) is 134 cm³/mol. The van der Waals surface area contributed by atoms with Crippen LogP contribution in [0.5, 0.6) is 0 Å². The molecule has 1 unspecified atom stereocenters. The number of aryl methyl sites for hydroxylation is 1. The van der Waals surface area contributed by atoms with Gasteiger partial charge in [0.05, 0.1) is 0 Å². The first-order valence-corrected chi connectivity index (χ1v) is 13.6. The van der Waals surface area contributed by atoms with Crippen LogP contribution < -0.4 is 0 Å². The van der Waals surface area contributed by atoms with E-state index in [0.29, 0.717) is 17.9 Å². The molecular formula is C29H46N2O2. The van der Waals surface area contributed by atoms with E-state index in [1.807, 2.05) is 38.1 Å². The summed E-state index contributed by atoms with van der Waals surface area (Å²) in [5.74, 6) is 3.72. The maximum absolute atomic E-state index is 12.7. The van der Waals surface area contributed by atoms with Gasteiger partial charge in [-0.1, -0.05) is 0 Å². The fraction of sp³-hybridized carbons (Fsp3) is 0.793. The number of nitrogens with zero attached hydrogens (tertiary/aromatic N) is 2. The lowest BCUT2D eigenvalue weighted by Crippen LogP contribution is -2.46. The second-order valence-corrected chi connectivity index (χ2v) is 12.6. The summed E-state index contributed by atoms with van der Waals surface area (Å²) in [5.41, 5.74) is 1.58. The summed E-state index contributed by atoms with van der Waals surface area (Å²) in [6.07, 6.45) is 18.8. The molecular weight excluding hydrogens is 408 g/mol. The monoisotopic (exact) mass is 454 g/mol. The standard InChI is InChI=1S/C29H46N2O2/c1-5-31(27(32)33-28(2,3)4)15-11-22(6-7-23-9-13-30-14-10-23)8-12-29-19-24-16-25(20-29)18-26(17-24)21-29/h9-10,13-14,22,24-26H,5-8,11-12,15-21H2,1-4H3. The number of carbonyl (C=O) groups excluding carboxylic acids is 1. The van der Waals surface area contributed by atoms with Crippen LogP contribution in [0.2, 0.25) is 0 Å². The third-order valence-corrected chi connectivity index (χ3v) is 8.68. The van der Waals surface area contributed by atoms with Crippen LogP contribution in [-0.4, -0.2) is 34.7 Å². The quantitative estimate of drug-likeness (QED) is 0.373. The van der Waals surface area contributed by atoms with Crippen LogP contribution in [0.1, 0.15) is 97.5 Å². The number of amides is 1. The molecule has 4 saturated carbocycles. The largest absolute Gasteiger partial charge is 0.444 e. The molecule has 0 aliphatic heterocycles. The predicted octanol–water partition coefficient (Wildman–Crippen LogP) is 7.27. The van der Waals surface area contributed by atoms with Gasteiger partial charge >= 0.3 is 6.09 Å². The van der Waals surface area contributed by atoms with Crippen LogP contribution >= 0.6 is 0 Å². The highest BCUT2D eigenvalue weighted by molar-refractivity contribution is 5.68. The van der Waals surface area contributed by atoms with Gasteiger partial charge in [-0.3, -0.25) is 4.98 Å². The van der Waals surface area contributed by atoms with Crippen LogP contribution in [0.25, 0.3) is 0 Å². The van der Waals surface area contributed by atoms with Crippen molar-refractivity contribution in [3.05, 3.63) is 30.1 Å². The molecule has 0 spiro atoms. The fourth-order valence-corrected chi connectivity index (χ4v) is 7.50. The molecule has 4 heteroatoms. The van der Waals surface area contributed by atoms with Gasteiger partial charge in [-0.05, 0) is 145 Å². The summed E-state index contributed by atoms with van der Waals surface area (Å²) >= 11 is 0. The minimum Gasteiger partial charge on any atom is -0.444 e. The Balaban J connectivity index is 1.36. The number of carbonyl (C=O) groups is 1. The number of ether oxygens (including phenoxy) is 1. The van der Waals surface area contributed by atoms with E-state index in [4.69, 9.17) is 4.74 Å². The SMILES string of the molecule is CCN(CCC(CCc1ccncc1)CCC12CC3CC(CC(C3)C1)C2)C(=O)OC(C)(C)C. The lowest BCUT2D eigenvalue weighted by Gasteiger charge is -2.57. The Kier molecular flexibility index (Phi) is 7.70. The van der Waals surface area contributed by atoms with Crippen LogP contribution in [0.4, 0.5) is 4.79 Å². The summed E-state index contributed by atoms with van der Waals surface area (Å²) in [6.45, 7) is 9.41. The molecule has 1 amide bonds. The minimum absolute atomic E-state index is 0.168. The number of aromatic nitrogens is 1. The van der Waals surface area contributed by atoms with Crippen molar-refractivity contribution in [2.75, 3.05) is 13.1 Å². The number of hydrogen-bond donors (Lipinski definition) is 0. The number of hydrogen-bond acceptors (Lipinski definition) is 3. The van der Waals surface area contributed by atoms with Crippen LogP contribution in [0, 0.1) is 29.1 Å². The Morgan fingerprint density at radius 1 is 1.06 bits per heavy atom. The average Bonchev–Trinajstić information content (AvgIpc) is 2.74. The third-order valence-electron chi connectivity index (χ3n) is 8.68. The maximum Gasteiger partial charge on any atom is 0.410 e. The van der Waals surface area contributed by atoms with E-state index in [9.17, 15) is 4.79 Å². The zero-order chi connectivity index (χ0) is 23.5. The first-order chi connectivity index (χ1) is 15.7. The zero-order valence-corrected chi connectivity index (χ0v) is 21.5. The molecule has 1 heterocycles. The van der Waals surface area contributed by atoms with E-state index < -0.39 is 5.60 Å². The molecule has 1 aromatic heterocycles.